The molecule has 7 heteroatoms. The molecular weight excluding hydrogens is 488 g/mol. The number of nitrogens with zero attached hydrogens (tertiary/aromatic N) is 2. The predicted molar refractivity (Wildman–Crippen MR) is 156 cm³/mol. The van der Waals surface area contributed by atoms with Crippen LogP contribution in [-0.4, -0.2) is 66.5 Å². The first-order valence-corrected chi connectivity index (χ1v) is 14.8. The summed E-state index contributed by atoms with van der Waals surface area (Å²) >= 11 is 0. The Morgan fingerprint density at radius 1 is 1.03 bits per heavy atom. The highest BCUT2D eigenvalue weighted by Gasteiger charge is 2.21. The molecule has 2 heterocycles. The molecule has 4 rings (SSSR count). The van der Waals surface area contributed by atoms with Gasteiger partial charge in [0, 0.05) is 56.8 Å². The van der Waals surface area contributed by atoms with Gasteiger partial charge in [0.05, 0.1) is 13.2 Å². The normalized spacial score (nSPS) is 18.7. The van der Waals surface area contributed by atoms with Crippen molar-refractivity contribution in [3.63, 3.8) is 0 Å². The first kappa shape index (κ1) is 29.1. The van der Waals surface area contributed by atoms with Crippen LogP contribution in [0.4, 0.5) is 0 Å². The zero-order valence-electron chi connectivity index (χ0n) is 23.8. The molecule has 7 nitrogen and oxygen atoms in total. The van der Waals surface area contributed by atoms with Gasteiger partial charge < -0.3 is 15.4 Å². The molecule has 0 saturated carbocycles. The number of fused-ring (bicyclic) bond motifs is 1. The lowest BCUT2D eigenvalue weighted by Gasteiger charge is -2.32. The Bertz CT molecular complexity index is 1050. The molecule has 2 aliphatic rings. The zero-order chi connectivity index (χ0) is 27.5. The number of ether oxygens (including phenoxy) is 1. The summed E-state index contributed by atoms with van der Waals surface area (Å²) in [6, 6.07) is 17.3. The summed E-state index contributed by atoms with van der Waals surface area (Å²) in [5, 5.41) is 6.32. The predicted octanol–water partition coefficient (Wildman–Crippen LogP) is 4.29. The van der Waals surface area contributed by atoms with Crippen molar-refractivity contribution in [2.45, 2.75) is 84.0 Å². The van der Waals surface area contributed by atoms with Crippen LogP contribution in [0.5, 0.6) is 5.75 Å². The van der Waals surface area contributed by atoms with E-state index in [1.807, 2.05) is 6.07 Å². The highest BCUT2D eigenvalue weighted by atomic mass is 16.5. The fourth-order valence-corrected chi connectivity index (χ4v) is 5.38. The number of likely N-dealkylation sites (tertiary alicyclic amines) is 1. The minimum Gasteiger partial charge on any atom is -0.493 e. The van der Waals surface area contributed by atoms with Crippen LogP contribution in [0.15, 0.2) is 48.5 Å². The third-order valence-electron chi connectivity index (χ3n) is 7.82. The molecule has 0 unspecified atom stereocenters. The number of rotatable bonds is 7. The molecule has 0 atom stereocenters. The van der Waals surface area contributed by atoms with Crippen LogP contribution in [0, 0.1) is 0 Å². The summed E-state index contributed by atoms with van der Waals surface area (Å²) in [5.74, 6) is 1.08. The quantitative estimate of drug-likeness (QED) is 0.555. The third kappa shape index (κ3) is 9.66. The third-order valence-corrected chi connectivity index (χ3v) is 7.82. The molecular formula is C32H46N4O3. The summed E-state index contributed by atoms with van der Waals surface area (Å²) in [6.07, 6.45) is 6.12. The number of hydrogen-bond donors (Lipinski definition) is 2. The van der Waals surface area contributed by atoms with E-state index in [4.69, 9.17) is 4.74 Å². The fourth-order valence-electron chi connectivity index (χ4n) is 5.38. The highest BCUT2D eigenvalue weighted by Crippen LogP contribution is 2.24. The molecule has 1 saturated heterocycles. The molecule has 0 radical (unpaired) electrons. The molecule has 2 aliphatic heterocycles. The van der Waals surface area contributed by atoms with Gasteiger partial charge in [-0.3, -0.25) is 19.4 Å². The summed E-state index contributed by atoms with van der Waals surface area (Å²) in [7, 11) is 0. The Morgan fingerprint density at radius 3 is 2.59 bits per heavy atom. The average Bonchev–Trinajstić information content (AvgIpc) is 2.94. The standard InChI is InChI=1S/C32H46N4O3/c1-25(2)36-23-28-21-26(11-13-30(28)39-20-8-4-7-17-33-32(38)24-36)12-14-31(37)34-29-15-18-35(19-16-29)22-27-9-5-3-6-10-27/h3,5-6,9-11,13,21,25,29H,4,7-8,12,14-20,22-24H2,1-2H3,(H,33,38)(H,34,37). The molecule has 2 aromatic rings. The molecule has 1 fully saturated rings. The van der Waals surface area contributed by atoms with Gasteiger partial charge >= 0.3 is 0 Å². The Morgan fingerprint density at radius 2 is 1.82 bits per heavy atom. The van der Waals surface area contributed by atoms with E-state index in [-0.39, 0.29) is 23.9 Å². The maximum Gasteiger partial charge on any atom is 0.234 e. The Labute approximate surface area is 234 Å². The number of nitrogens with one attached hydrogen (secondary N) is 2. The molecule has 2 aromatic carbocycles. The van der Waals surface area contributed by atoms with E-state index in [1.54, 1.807) is 0 Å². The first-order valence-electron chi connectivity index (χ1n) is 14.8. The number of amides is 2. The number of aryl methyl sites for hydroxylation is 1. The number of carbonyl (C=O) groups excluding carboxylic acids is 2. The van der Waals surface area contributed by atoms with E-state index in [0.717, 1.165) is 75.2 Å². The molecule has 0 spiro atoms. The van der Waals surface area contributed by atoms with Crippen molar-refractivity contribution in [3.8, 4) is 5.75 Å². The molecule has 39 heavy (non-hydrogen) atoms. The van der Waals surface area contributed by atoms with Crippen molar-refractivity contribution < 1.29 is 14.3 Å². The lowest BCUT2D eigenvalue weighted by Crippen LogP contribution is -2.44. The van der Waals surface area contributed by atoms with E-state index in [0.29, 0.717) is 32.5 Å². The van der Waals surface area contributed by atoms with Gasteiger partial charge in [0.2, 0.25) is 11.8 Å². The van der Waals surface area contributed by atoms with Crippen LogP contribution in [0.2, 0.25) is 0 Å². The number of benzene rings is 2. The molecule has 2 N–H and O–H groups in total. The Balaban J connectivity index is 1.29. The molecule has 0 aromatic heterocycles. The topological polar surface area (TPSA) is 73.9 Å². The van der Waals surface area contributed by atoms with Gasteiger partial charge in [0.25, 0.3) is 0 Å². The average molecular weight is 535 g/mol. The van der Waals surface area contributed by atoms with E-state index in [2.05, 4.69) is 76.7 Å². The van der Waals surface area contributed by atoms with Crippen molar-refractivity contribution in [2.24, 2.45) is 0 Å². The van der Waals surface area contributed by atoms with E-state index < -0.39 is 0 Å². The SMILES string of the molecule is CC(C)N1CC(=O)NCCCCCOc2ccc(CCC(=O)NC3CCN(Cc4ccccc4)CC3)cc2C1. The van der Waals surface area contributed by atoms with E-state index >= 15 is 0 Å². The number of hydrogen-bond acceptors (Lipinski definition) is 5. The van der Waals surface area contributed by atoms with Crippen molar-refractivity contribution in [3.05, 3.63) is 65.2 Å². The van der Waals surface area contributed by atoms with Gasteiger partial charge in [-0.1, -0.05) is 42.5 Å². The lowest BCUT2D eigenvalue weighted by molar-refractivity contribution is -0.123. The van der Waals surface area contributed by atoms with Crippen LogP contribution in [0.3, 0.4) is 0 Å². The lowest BCUT2D eigenvalue weighted by atomic mass is 10.0. The van der Waals surface area contributed by atoms with Gasteiger partial charge in [-0.05, 0) is 69.6 Å². The second-order valence-electron chi connectivity index (χ2n) is 11.3. The summed E-state index contributed by atoms with van der Waals surface area (Å²) < 4.78 is 6.17. The van der Waals surface area contributed by atoms with Crippen molar-refractivity contribution in [1.29, 1.82) is 0 Å². The molecule has 0 bridgehead atoms. The van der Waals surface area contributed by atoms with Gasteiger partial charge in [-0.25, -0.2) is 0 Å². The minimum absolute atomic E-state index is 0.0733. The van der Waals surface area contributed by atoms with Crippen LogP contribution in [0.1, 0.15) is 69.1 Å². The van der Waals surface area contributed by atoms with Crippen molar-refractivity contribution in [1.82, 2.24) is 20.4 Å². The summed E-state index contributed by atoms with van der Waals surface area (Å²) in [6.45, 7) is 9.63. The Kier molecular flexibility index (Phi) is 11.2. The highest BCUT2D eigenvalue weighted by molar-refractivity contribution is 5.78. The van der Waals surface area contributed by atoms with Gasteiger partial charge in [-0.15, -0.1) is 0 Å². The number of carbonyl (C=O) groups is 2. The van der Waals surface area contributed by atoms with E-state index in [1.165, 1.54) is 5.56 Å². The van der Waals surface area contributed by atoms with Crippen molar-refractivity contribution >= 4 is 11.8 Å². The van der Waals surface area contributed by atoms with Crippen LogP contribution >= 0.6 is 0 Å². The second-order valence-corrected chi connectivity index (χ2v) is 11.3. The van der Waals surface area contributed by atoms with E-state index in [9.17, 15) is 9.59 Å². The van der Waals surface area contributed by atoms with Gasteiger partial charge in [0.15, 0.2) is 0 Å². The maximum absolute atomic E-state index is 12.8. The van der Waals surface area contributed by atoms with Crippen LogP contribution in [0.25, 0.3) is 0 Å². The summed E-state index contributed by atoms with van der Waals surface area (Å²) in [4.78, 5) is 29.9. The Hall–Kier alpha value is -2.90. The fraction of sp³-hybridized carbons (Fsp3) is 0.562. The molecule has 0 aliphatic carbocycles. The van der Waals surface area contributed by atoms with Crippen LogP contribution in [-0.2, 0) is 29.1 Å². The zero-order valence-corrected chi connectivity index (χ0v) is 23.8. The molecule has 212 valence electrons. The number of piperidine rings is 1. The van der Waals surface area contributed by atoms with Crippen molar-refractivity contribution in [2.75, 3.05) is 32.8 Å². The van der Waals surface area contributed by atoms with Gasteiger partial charge in [-0.2, -0.15) is 0 Å². The van der Waals surface area contributed by atoms with Crippen LogP contribution < -0.4 is 15.4 Å². The monoisotopic (exact) mass is 534 g/mol. The minimum atomic E-state index is 0.0733. The largest absolute Gasteiger partial charge is 0.493 e. The molecule has 2 amide bonds. The smallest absolute Gasteiger partial charge is 0.234 e. The first-order chi connectivity index (χ1) is 19.0. The second kappa shape index (κ2) is 15.0. The van der Waals surface area contributed by atoms with Gasteiger partial charge in [0.1, 0.15) is 5.75 Å². The maximum atomic E-state index is 12.8. The summed E-state index contributed by atoms with van der Waals surface area (Å²) in [5.41, 5.74) is 3.55.